The van der Waals surface area contributed by atoms with Crippen LogP contribution in [-0.4, -0.2) is 16.9 Å². The maximum Gasteiger partial charge on any atom is 0.303 e. The average molecular weight is 325 g/mol. The molecule has 0 spiro atoms. The van der Waals surface area contributed by atoms with Gasteiger partial charge in [0, 0.05) is 19.3 Å². The second kappa shape index (κ2) is 17.2. The van der Waals surface area contributed by atoms with Gasteiger partial charge in [-0.3, -0.25) is 9.59 Å². The van der Waals surface area contributed by atoms with Gasteiger partial charge in [0.05, 0.1) is 0 Å². The molecule has 0 rings (SSSR count). The monoisotopic (exact) mass is 324 g/mol. The molecule has 0 saturated carbocycles. The highest BCUT2D eigenvalue weighted by molar-refractivity contribution is 5.78. The summed E-state index contributed by atoms with van der Waals surface area (Å²) in [5.41, 5.74) is 0. The lowest BCUT2D eigenvalue weighted by Crippen LogP contribution is -1.96. The van der Waals surface area contributed by atoms with Crippen LogP contribution in [0, 0.1) is 0 Å². The van der Waals surface area contributed by atoms with Crippen LogP contribution in [0.5, 0.6) is 0 Å². The Labute approximate surface area is 142 Å². The summed E-state index contributed by atoms with van der Waals surface area (Å²) in [5, 5.41) is 8.53. The van der Waals surface area contributed by atoms with Gasteiger partial charge in [-0.1, -0.05) is 64.0 Å². The van der Waals surface area contributed by atoms with Crippen molar-refractivity contribution in [3.05, 3.63) is 12.2 Å². The van der Waals surface area contributed by atoms with E-state index in [-0.39, 0.29) is 0 Å². The van der Waals surface area contributed by atoms with Gasteiger partial charge in [-0.25, -0.2) is 0 Å². The Morgan fingerprint density at radius 3 is 1.91 bits per heavy atom. The molecular weight excluding hydrogens is 288 g/mol. The zero-order valence-electron chi connectivity index (χ0n) is 15.0. The van der Waals surface area contributed by atoms with Crippen LogP contribution in [0.2, 0.25) is 0 Å². The molecule has 0 heterocycles. The number of rotatable bonds is 17. The number of unbranched alkanes of at least 4 members (excludes halogenated alkanes) is 9. The van der Waals surface area contributed by atoms with E-state index in [0.717, 1.165) is 44.9 Å². The van der Waals surface area contributed by atoms with E-state index in [9.17, 15) is 9.59 Å². The summed E-state index contributed by atoms with van der Waals surface area (Å²) in [6.45, 7) is 2.16. The molecule has 0 atom stereocenters. The predicted molar refractivity (Wildman–Crippen MR) is 96.7 cm³/mol. The maximum absolute atomic E-state index is 11.6. The molecule has 3 heteroatoms. The molecule has 23 heavy (non-hydrogen) atoms. The first-order valence-electron chi connectivity index (χ1n) is 9.55. The number of carboxylic acids is 1. The van der Waals surface area contributed by atoms with Crippen LogP contribution in [0.3, 0.4) is 0 Å². The van der Waals surface area contributed by atoms with E-state index in [4.69, 9.17) is 5.11 Å². The highest BCUT2D eigenvalue weighted by Crippen LogP contribution is 2.10. The van der Waals surface area contributed by atoms with Crippen molar-refractivity contribution in [3.8, 4) is 0 Å². The summed E-state index contributed by atoms with van der Waals surface area (Å²) in [7, 11) is 0. The third kappa shape index (κ3) is 18.8. The Hall–Kier alpha value is -1.12. The molecule has 1 N–H and O–H groups in total. The van der Waals surface area contributed by atoms with Gasteiger partial charge in [0.15, 0.2) is 0 Å². The summed E-state index contributed by atoms with van der Waals surface area (Å²) >= 11 is 0. The summed E-state index contributed by atoms with van der Waals surface area (Å²) in [6, 6.07) is 0. The van der Waals surface area contributed by atoms with Crippen LogP contribution in [0.25, 0.3) is 0 Å². The quantitative estimate of drug-likeness (QED) is 0.261. The molecule has 134 valence electrons. The van der Waals surface area contributed by atoms with Crippen molar-refractivity contribution in [3.63, 3.8) is 0 Å². The second-order valence-electron chi connectivity index (χ2n) is 6.41. The van der Waals surface area contributed by atoms with Gasteiger partial charge >= 0.3 is 5.97 Å². The van der Waals surface area contributed by atoms with Crippen molar-refractivity contribution in [2.75, 3.05) is 0 Å². The normalized spacial score (nSPS) is 11.2. The molecule has 0 aliphatic carbocycles. The number of carbonyl (C=O) groups is 2. The molecular formula is C20H36O3. The Morgan fingerprint density at radius 1 is 0.696 bits per heavy atom. The van der Waals surface area contributed by atoms with Gasteiger partial charge in [0.25, 0.3) is 0 Å². The molecule has 0 aromatic heterocycles. The van der Waals surface area contributed by atoms with Crippen LogP contribution in [-0.2, 0) is 9.59 Å². The lowest BCUT2D eigenvalue weighted by Gasteiger charge is -2.00. The number of aliphatic carboxylic acids is 1. The Morgan fingerprint density at radius 2 is 1.26 bits per heavy atom. The van der Waals surface area contributed by atoms with E-state index in [1.165, 1.54) is 38.5 Å². The van der Waals surface area contributed by atoms with E-state index in [1.807, 2.05) is 0 Å². The molecule has 0 unspecified atom stereocenters. The van der Waals surface area contributed by atoms with Gasteiger partial charge in [-0.05, 0) is 32.1 Å². The highest BCUT2D eigenvalue weighted by atomic mass is 16.4. The van der Waals surface area contributed by atoms with Crippen molar-refractivity contribution in [1.82, 2.24) is 0 Å². The van der Waals surface area contributed by atoms with Crippen LogP contribution in [0.15, 0.2) is 12.2 Å². The number of carbonyl (C=O) groups excluding carboxylic acids is 1. The predicted octanol–water partition coefficient (Wildman–Crippen LogP) is 6.07. The average Bonchev–Trinajstić information content (AvgIpc) is 2.51. The van der Waals surface area contributed by atoms with Gasteiger partial charge in [-0.2, -0.15) is 0 Å². The third-order valence-corrected chi connectivity index (χ3v) is 4.08. The first-order valence-corrected chi connectivity index (χ1v) is 9.55. The summed E-state index contributed by atoms with van der Waals surface area (Å²) in [5.74, 6) is -0.273. The fourth-order valence-corrected chi connectivity index (χ4v) is 2.60. The topological polar surface area (TPSA) is 54.4 Å². The fourth-order valence-electron chi connectivity index (χ4n) is 2.60. The largest absolute Gasteiger partial charge is 0.481 e. The van der Waals surface area contributed by atoms with E-state index in [1.54, 1.807) is 0 Å². The maximum atomic E-state index is 11.6. The Balaban J connectivity index is 3.22. The minimum Gasteiger partial charge on any atom is -0.481 e. The van der Waals surface area contributed by atoms with Crippen LogP contribution >= 0.6 is 0 Å². The van der Waals surface area contributed by atoms with E-state index in [0.29, 0.717) is 18.6 Å². The van der Waals surface area contributed by atoms with Gasteiger partial charge < -0.3 is 5.11 Å². The van der Waals surface area contributed by atoms with Crippen molar-refractivity contribution in [2.45, 2.75) is 103 Å². The molecule has 3 nitrogen and oxygen atoms in total. The Kier molecular flexibility index (Phi) is 16.4. The highest BCUT2D eigenvalue weighted by Gasteiger charge is 1.99. The zero-order valence-corrected chi connectivity index (χ0v) is 15.0. The molecule has 0 saturated heterocycles. The van der Waals surface area contributed by atoms with Gasteiger partial charge in [-0.15, -0.1) is 0 Å². The van der Waals surface area contributed by atoms with Gasteiger partial charge in [0.2, 0.25) is 0 Å². The van der Waals surface area contributed by atoms with Crippen LogP contribution in [0.1, 0.15) is 103 Å². The number of hydrogen-bond acceptors (Lipinski definition) is 2. The standard InChI is InChI=1S/C20H36O3/c1-2-3-13-16-19(21)17-14-11-9-7-5-4-6-8-10-12-15-18-20(22)23/h9,11H,2-8,10,12-18H2,1H3,(H,22,23)/b11-9-. The molecule has 0 fully saturated rings. The molecule has 0 radical (unpaired) electrons. The fraction of sp³-hybridized carbons (Fsp3) is 0.800. The SMILES string of the molecule is CCCCCC(=O)CC/C=C\CCCCCCCCCC(=O)O. The lowest BCUT2D eigenvalue weighted by molar-refractivity contribution is -0.137. The summed E-state index contributed by atoms with van der Waals surface area (Å²) in [4.78, 5) is 21.9. The zero-order chi connectivity index (χ0) is 17.2. The van der Waals surface area contributed by atoms with Crippen molar-refractivity contribution in [1.29, 1.82) is 0 Å². The Bertz CT molecular complexity index is 321. The van der Waals surface area contributed by atoms with Crippen LogP contribution < -0.4 is 0 Å². The first kappa shape index (κ1) is 21.9. The first-order chi connectivity index (χ1) is 11.2. The van der Waals surface area contributed by atoms with Crippen molar-refractivity contribution >= 4 is 11.8 Å². The number of hydrogen-bond donors (Lipinski definition) is 1. The number of ketones is 1. The third-order valence-electron chi connectivity index (χ3n) is 4.08. The molecule has 0 aliphatic heterocycles. The lowest BCUT2D eigenvalue weighted by atomic mass is 10.1. The minimum atomic E-state index is -0.681. The second-order valence-corrected chi connectivity index (χ2v) is 6.41. The smallest absolute Gasteiger partial charge is 0.303 e. The van der Waals surface area contributed by atoms with Crippen molar-refractivity contribution < 1.29 is 14.7 Å². The molecule has 0 bridgehead atoms. The van der Waals surface area contributed by atoms with Crippen molar-refractivity contribution in [2.24, 2.45) is 0 Å². The minimum absolute atomic E-state index is 0.311. The van der Waals surface area contributed by atoms with Gasteiger partial charge in [0.1, 0.15) is 5.78 Å². The van der Waals surface area contributed by atoms with E-state index >= 15 is 0 Å². The summed E-state index contributed by atoms with van der Waals surface area (Å²) in [6.07, 6.45) is 19.5. The van der Waals surface area contributed by atoms with E-state index in [2.05, 4.69) is 19.1 Å². The molecule has 0 aromatic carbocycles. The van der Waals surface area contributed by atoms with E-state index < -0.39 is 5.97 Å². The number of carboxylic acid groups (broad SMARTS) is 1. The summed E-state index contributed by atoms with van der Waals surface area (Å²) < 4.78 is 0. The molecule has 0 aromatic rings. The molecule has 0 aliphatic rings. The number of allylic oxidation sites excluding steroid dienone is 2. The molecule has 0 amide bonds. The van der Waals surface area contributed by atoms with Crippen LogP contribution in [0.4, 0.5) is 0 Å². The number of Topliss-reactive ketones (excluding diaryl/α,β-unsaturated/α-hetero) is 1.